The van der Waals surface area contributed by atoms with Crippen LogP contribution in [-0.2, 0) is 0 Å². The topological polar surface area (TPSA) is 52.4 Å². The second-order valence-corrected chi connectivity index (χ2v) is 10.7. The first-order valence-corrected chi connectivity index (χ1v) is 14.5. The molecule has 3 aliphatic rings. The minimum absolute atomic E-state index is 0.431. The van der Waals surface area contributed by atoms with Crippen molar-refractivity contribution < 1.29 is 0 Å². The van der Waals surface area contributed by atoms with Crippen molar-refractivity contribution in [3.8, 4) is 12.3 Å². The van der Waals surface area contributed by atoms with E-state index in [-0.39, 0.29) is 0 Å². The molecule has 39 heavy (non-hydrogen) atoms. The molecule has 0 spiro atoms. The van der Waals surface area contributed by atoms with Gasteiger partial charge >= 0.3 is 0 Å². The van der Waals surface area contributed by atoms with E-state index in [1.165, 1.54) is 5.57 Å². The molecule has 1 fully saturated rings. The van der Waals surface area contributed by atoms with E-state index in [1.54, 1.807) is 0 Å². The average molecular weight is 528 g/mol. The summed E-state index contributed by atoms with van der Waals surface area (Å²) in [5.41, 5.74) is 6.54. The lowest BCUT2D eigenvalue weighted by Gasteiger charge is -2.37. The first kappa shape index (κ1) is 32.0. The maximum Gasteiger partial charge on any atom is 0.131 e. The van der Waals surface area contributed by atoms with E-state index in [4.69, 9.17) is 11.5 Å². The number of piperazine rings is 1. The molecule has 0 saturated carbocycles. The van der Waals surface area contributed by atoms with Crippen molar-refractivity contribution in [3.05, 3.63) is 71.3 Å². The van der Waals surface area contributed by atoms with Gasteiger partial charge in [0.15, 0.2) is 0 Å². The van der Waals surface area contributed by atoms with Crippen LogP contribution in [0.3, 0.4) is 0 Å². The van der Waals surface area contributed by atoms with Gasteiger partial charge in [-0.15, -0.1) is 22.5 Å². The number of terminal acetylenes is 1. The lowest BCUT2D eigenvalue weighted by atomic mass is 10.00. The maximum absolute atomic E-state index is 5.12. The van der Waals surface area contributed by atoms with Crippen molar-refractivity contribution in [2.24, 2.45) is 27.0 Å². The highest BCUT2D eigenvalue weighted by atomic mass is 15.3. The van der Waals surface area contributed by atoms with Gasteiger partial charge in [0.2, 0.25) is 0 Å². The predicted molar refractivity (Wildman–Crippen MR) is 171 cm³/mol. The fourth-order valence-electron chi connectivity index (χ4n) is 4.38. The average Bonchev–Trinajstić information content (AvgIpc) is 3.17. The van der Waals surface area contributed by atoms with Gasteiger partial charge in [-0.3, -0.25) is 4.99 Å². The SMILES string of the molecule is C#CC(C)C(C)C.C=C1C=CC(c2ccc(C3=NN=C(N4C[C@@H](C)N[C@@H](C)C4)CC(CC)=C3)cc2)=NC1.CC. The Hall–Kier alpha value is -3.23. The minimum Gasteiger partial charge on any atom is -0.355 e. The third kappa shape index (κ3) is 9.79. The second-order valence-electron chi connectivity index (χ2n) is 10.7. The van der Waals surface area contributed by atoms with Gasteiger partial charge in [0.25, 0.3) is 0 Å². The number of hydrogen-bond donors (Lipinski definition) is 1. The normalized spacial score (nSPS) is 21.5. The van der Waals surface area contributed by atoms with Gasteiger partial charge in [0.1, 0.15) is 5.84 Å². The van der Waals surface area contributed by atoms with Gasteiger partial charge in [-0.05, 0) is 49.5 Å². The summed E-state index contributed by atoms with van der Waals surface area (Å²) in [6, 6.07) is 9.38. The molecule has 0 radical (unpaired) electrons. The quantitative estimate of drug-likeness (QED) is 0.426. The predicted octanol–water partition coefficient (Wildman–Crippen LogP) is 7.06. The summed E-state index contributed by atoms with van der Waals surface area (Å²) in [5.74, 6) is 4.80. The van der Waals surface area contributed by atoms with Gasteiger partial charge in [-0.2, -0.15) is 0 Å². The number of benzene rings is 1. The zero-order valence-corrected chi connectivity index (χ0v) is 25.5. The Kier molecular flexibility index (Phi) is 13.1. The van der Waals surface area contributed by atoms with Crippen LogP contribution in [0.25, 0.3) is 0 Å². The summed E-state index contributed by atoms with van der Waals surface area (Å²) < 4.78 is 0. The van der Waals surface area contributed by atoms with E-state index in [1.807, 2.05) is 26.0 Å². The van der Waals surface area contributed by atoms with Crippen molar-refractivity contribution in [2.75, 3.05) is 19.6 Å². The Bertz CT molecular complexity index is 1130. The summed E-state index contributed by atoms with van der Waals surface area (Å²) in [4.78, 5) is 6.99. The van der Waals surface area contributed by atoms with E-state index in [0.29, 0.717) is 30.5 Å². The summed E-state index contributed by atoms with van der Waals surface area (Å²) in [5, 5.41) is 13.0. The van der Waals surface area contributed by atoms with Gasteiger partial charge in [-0.1, -0.05) is 84.0 Å². The molecular formula is C34H49N5. The van der Waals surface area contributed by atoms with Crippen LogP contribution < -0.4 is 5.32 Å². The van der Waals surface area contributed by atoms with Gasteiger partial charge in [0, 0.05) is 43.1 Å². The fourth-order valence-corrected chi connectivity index (χ4v) is 4.38. The Labute approximate surface area is 238 Å². The number of rotatable bonds is 4. The van der Waals surface area contributed by atoms with Crippen LogP contribution in [0.2, 0.25) is 0 Å². The molecule has 4 rings (SSSR count). The monoisotopic (exact) mass is 527 g/mol. The Morgan fingerprint density at radius 1 is 1.00 bits per heavy atom. The lowest BCUT2D eigenvalue weighted by Crippen LogP contribution is -2.55. The van der Waals surface area contributed by atoms with Crippen molar-refractivity contribution >= 4 is 17.3 Å². The molecule has 1 aromatic rings. The van der Waals surface area contributed by atoms with Crippen LogP contribution in [0, 0.1) is 24.2 Å². The molecule has 0 aromatic heterocycles. The standard InChI is InChI=1S/C25H31N5.C7H12.C2H6/c1-5-20-12-24(28-29-25(13-20)30-15-18(3)27-19(4)16-30)22-9-7-21(8-10-22)23-11-6-17(2)14-26-23;1-5-7(4)6(2)3;1-2/h6-12,18-19,27H,2,5,13-16H2,1,3-4H3;1,6-7H,2-4H3;1-2H3/t18-,19+;;. The molecular weight excluding hydrogens is 478 g/mol. The first-order valence-electron chi connectivity index (χ1n) is 14.5. The van der Waals surface area contributed by atoms with E-state index in [2.05, 4.69) is 105 Å². The van der Waals surface area contributed by atoms with Crippen LogP contribution >= 0.6 is 0 Å². The third-order valence-electron chi connectivity index (χ3n) is 7.04. The molecule has 5 heteroatoms. The Morgan fingerprint density at radius 3 is 2.05 bits per heavy atom. The van der Waals surface area contributed by atoms with Crippen LogP contribution in [0.15, 0.2) is 75.4 Å². The highest BCUT2D eigenvalue weighted by Crippen LogP contribution is 2.20. The second kappa shape index (κ2) is 16.0. The van der Waals surface area contributed by atoms with E-state index in [0.717, 1.165) is 59.9 Å². The minimum atomic E-state index is 0.431. The molecule has 0 bridgehead atoms. The maximum atomic E-state index is 5.12. The molecule has 1 unspecified atom stereocenters. The van der Waals surface area contributed by atoms with Gasteiger partial charge in [0.05, 0.1) is 18.0 Å². The smallest absolute Gasteiger partial charge is 0.131 e. The van der Waals surface area contributed by atoms with Gasteiger partial charge < -0.3 is 10.2 Å². The summed E-state index contributed by atoms with van der Waals surface area (Å²) in [6.45, 7) is 23.6. The van der Waals surface area contributed by atoms with Crippen LogP contribution in [0.4, 0.5) is 0 Å². The zero-order chi connectivity index (χ0) is 28.9. The number of nitrogens with one attached hydrogen (secondary N) is 1. The van der Waals surface area contributed by atoms with E-state index >= 15 is 0 Å². The molecule has 0 aliphatic carbocycles. The van der Waals surface area contributed by atoms with Crippen molar-refractivity contribution in [1.82, 2.24) is 10.2 Å². The summed E-state index contributed by atoms with van der Waals surface area (Å²) in [6.07, 6.45) is 13.3. The number of amidine groups is 1. The van der Waals surface area contributed by atoms with Crippen molar-refractivity contribution in [1.29, 1.82) is 0 Å². The first-order chi connectivity index (χ1) is 18.7. The molecule has 3 atom stereocenters. The van der Waals surface area contributed by atoms with Crippen molar-refractivity contribution in [2.45, 2.75) is 80.3 Å². The zero-order valence-electron chi connectivity index (χ0n) is 25.5. The van der Waals surface area contributed by atoms with Crippen LogP contribution in [0.5, 0.6) is 0 Å². The third-order valence-corrected chi connectivity index (χ3v) is 7.04. The van der Waals surface area contributed by atoms with E-state index < -0.39 is 0 Å². The van der Waals surface area contributed by atoms with Gasteiger partial charge in [-0.25, -0.2) is 0 Å². The Morgan fingerprint density at radius 2 is 1.59 bits per heavy atom. The highest BCUT2D eigenvalue weighted by molar-refractivity contribution is 6.12. The number of dihydropyridines is 1. The number of nitrogens with zero attached hydrogens (tertiary/aromatic N) is 4. The van der Waals surface area contributed by atoms with E-state index in [9.17, 15) is 0 Å². The largest absolute Gasteiger partial charge is 0.355 e. The molecule has 1 N–H and O–H groups in total. The van der Waals surface area contributed by atoms with Crippen LogP contribution in [0.1, 0.15) is 79.4 Å². The highest BCUT2D eigenvalue weighted by Gasteiger charge is 2.25. The Balaban J connectivity index is 0.000000517. The lowest BCUT2D eigenvalue weighted by molar-refractivity contribution is 0.252. The summed E-state index contributed by atoms with van der Waals surface area (Å²) >= 11 is 0. The molecule has 1 aromatic carbocycles. The molecule has 3 heterocycles. The van der Waals surface area contributed by atoms with Crippen molar-refractivity contribution in [3.63, 3.8) is 0 Å². The molecule has 5 nitrogen and oxygen atoms in total. The van der Waals surface area contributed by atoms with Crippen LogP contribution in [-0.4, -0.2) is 53.9 Å². The molecule has 210 valence electrons. The number of allylic oxidation sites excluding steroid dienone is 2. The fraction of sp³-hybridized carbons (Fsp3) is 0.500. The molecule has 0 amide bonds. The molecule has 1 saturated heterocycles. The number of aliphatic imine (C=N–C) groups is 1. The number of hydrogen-bond acceptors (Lipinski definition) is 5. The summed E-state index contributed by atoms with van der Waals surface area (Å²) in [7, 11) is 0. The molecule has 3 aliphatic heterocycles.